The highest BCUT2D eigenvalue weighted by Crippen LogP contribution is 2.08. The predicted octanol–water partition coefficient (Wildman–Crippen LogP) is 0.199. The lowest BCUT2D eigenvalue weighted by Gasteiger charge is -2.06. The van der Waals surface area contributed by atoms with Gasteiger partial charge in [-0.1, -0.05) is 5.16 Å². The summed E-state index contributed by atoms with van der Waals surface area (Å²) in [5.41, 5.74) is 5.55. The Labute approximate surface area is 109 Å². The number of anilines is 2. The molecule has 19 heavy (non-hydrogen) atoms. The Morgan fingerprint density at radius 2 is 2.11 bits per heavy atom. The molecule has 0 saturated carbocycles. The van der Waals surface area contributed by atoms with Crippen molar-refractivity contribution in [3.05, 3.63) is 11.7 Å². The first-order valence-corrected chi connectivity index (χ1v) is 5.84. The third kappa shape index (κ3) is 3.76. The van der Waals surface area contributed by atoms with Crippen LogP contribution < -0.4 is 15.8 Å². The average molecular weight is 265 g/mol. The summed E-state index contributed by atoms with van der Waals surface area (Å²) in [4.78, 5) is 15.9. The fourth-order valence-corrected chi connectivity index (χ4v) is 1.37. The number of nitrogens with zero attached hydrogens (tertiary/aromatic N) is 5. The first-order valence-electron chi connectivity index (χ1n) is 5.84. The fourth-order valence-electron chi connectivity index (χ4n) is 1.37. The quantitative estimate of drug-likeness (QED) is 0.753. The van der Waals surface area contributed by atoms with Gasteiger partial charge in [0.2, 0.25) is 17.8 Å². The van der Waals surface area contributed by atoms with Gasteiger partial charge < -0.3 is 20.3 Å². The third-order valence-corrected chi connectivity index (χ3v) is 2.11. The fraction of sp³-hybridized carbons (Fsp3) is 0.500. The van der Waals surface area contributed by atoms with Gasteiger partial charge in [-0.05, 0) is 6.92 Å². The Balaban J connectivity index is 1.91. The smallest absolute Gasteiger partial charge is 0.323 e. The lowest BCUT2D eigenvalue weighted by Crippen LogP contribution is -2.12. The molecule has 9 heteroatoms. The van der Waals surface area contributed by atoms with Crippen LogP contribution >= 0.6 is 0 Å². The van der Waals surface area contributed by atoms with Crippen LogP contribution in [0.1, 0.15) is 18.6 Å². The van der Waals surface area contributed by atoms with Crippen molar-refractivity contribution in [2.24, 2.45) is 0 Å². The topological polar surface area (TPSA) is 125 Å². The Hall–Kier alpha value is -2.45. The Kier molecular flexibility index (Phi) is 4.06. The van der Waals surface area contributed by atoms with Crippen molar-refractivity contribution in [1.82, 2.24) is 25.1 Å². The van der Waals surface area contributed by atoms with E-state index in [-0.39, 0.29) is 12.0 Å². The monoisotopic (exact) mass is 265 g/mol. The number of nitrogens with one attached hydrogen (secondary N) is 1. The van der Waals surface area contributed by atoms with Gasteiger partial charge >= 0.3 is 6.01 Å². The van der Waals surface area contributed by atoms with E-state index in [1.54, 1.807) is 6.92 Å². The molecule has 0 aliphatic heterocycles. The largest absolute Gasteiger partial charge is 0.464 e. The van der Waals surface area contributed by atoms with E-state index in [0.29, 0.717) is 37.2 Å². The molecule has 0 atom stereocenters. The van der Waals surface area contributed by atoms with Gasteiger partial charge in [0, 0.05) is 19.9 Å². The lowest BCUT2D eigenvalue weighted by atomic mass is 10.4. The van der Waals surface area contributed by atoms with E-state index >= 15 is 0 Å². The summed E-state index contributed by atoms with van der Waals surface area (Å²) in [6.45, 7) is 4.59. The average Bonchev–Trinajstić information content (AvgIpc) is 2.75. The number of aryl methyl sites for hydroxylation is 1. The molecule has 0 radical (unpaired) electrons. The Bertz CT molecular complexity index is 542. The second kappa shape index (κ2) is 5.94. The summed E-state index contributed by atoms with van der Waals surface area (Å²) in [6, 6.07) is 0.202. The molecule has 102 valence electrons. The van der Waals surface area contributed by atoms with Crippen LogP contribution in [0.2, 0.25) is 0 Å². The van der Waals surface area contributed by atoms with Gasteiger partial charge in [0.05, 0.1) is 6.61 Å². The summed E-state index contributed by atoms with van der Waals surface area (Å²) in [5, 5.41) is 6.78. The van der Waals surface area contributed by atoms with Gasteiger partial charge in [0.1, 0.15) is 0 Å². The minimum absolute atomic E-state index is 0.108. The minimum atomic E-state index is 0.108. The molecule has 0 aliphatic rings. The molecule has 0 spiro atoms. The van der Waals surface area contributed by atoms with E-state index in [1.807, 2.05) is 6.92 Å². The Morgan fingerprint density at radius 1 is 1.26 bits per heavy atom. The van der Waals surface area contributed by atoms with Gasteiger partial charge in [-0.15, -0.1) is 0 Å². The van der Waals surface area contributed by atoms with Gasteiger partial charge in [0.25, 0.3) is 0 Å². The van der Waals surface area contributed by atoms with Gasteiger partial charge in [0.15, 0.2) is 5.82 Å². The van der Waals surface area contributed by atoms with Crippen molar-refractivity contribution in [1.29, 1.82) is 0 Å². The molecule has 0 aromatic carbocycles. The minimum Gasteiger partial charge on any atom is -0.464 e. The zero-order chi connectivity index (χ0) is 13.7. The van der Waals surface area contributed by atoms with E-state index < -0.39 is 0 Å². The van der Waals surface area contributed by atoms with E-state index in [9.17, 15) is 0 Å². The number of aromatic nitrogens is 5. The maximum atomic E-state index is 5.55. The highest BCUT2D eigenvalue weighted by molar-refractivity contribution is 5.32. The zero-order valence-corrected chi connectivity index (χ0v) is 10.8. The van der Waals surface area contributed by atoms with Crippen LogP contribution in [-0.2, 0) is 6.42 Å². The second-order valence-corrected chi connectivity index (χ2v) is 3.64. The SMILES string of the molecule is CCOc1nc(N)nc(NCCc2noc(C)n2)n1. The summed E-state index contributed by atoms with van der Waals surface area (Å²) in [6.07, 6.45) is 0.590. The zero-order valence-electron chi connectivity index (χ0n) is 10.8. The summed E-state index contributed by atoms with van der Waals surface area (Å²) in [7, 11) is 0. The van der Waals surface area contributed by atoms with Crippen LogP contribution in [0, 0.1) is 6.92 Å². The molecule has 0 aliphatic carbocycles. The van der Waals surface area contributed by atoms with Crippen LogP contribution in [0.15, 0.2) is 4.52 Å². The number of hydrogen-bond acceptors (Lipinski definition) is 9. The number of hydrogen-bond donors (Lipinski definition) is 2. The van der Waals surface area contributed by atoms with Crippen LogP contribution in [0.4, 0.5) is 11.9 Å². The summed E-state index contributed by atoms with van der Waals surface area (Å²) >= 11 is 0. The third-order valence-electron chi connectivity index (χ3n) is 2.11. The molecule has 0 fully saturated rings. The number of nitrogens with two attached hydrogens (primary N) is 1. The van der Waals surface area contributed by atoms with Crippen molar-refractivity contribution < 1.29 is 9.26 Å². The van der Waals surface area contributed by atoms with Gasteiger partial charge in [-0.2, -0.15) is 19.9 Å². The van der Waals surface area contributed by atoms with Crippen LogP contribution in [0.3, 0.4) is 0 Å². The maximum absolute atomic E-state index is 5.55. The summed E-state index contributed by atoms with van der Waals surface area (Å²) < 4.78 is 10.0. The lowest BCUT2D eigenvalue weighted by molar-refractivity contribution is 0.312. The molecule has 2 rings (SSSR count). The molecule has 3 N–H and O–H groups in total. The number of rotatable bonds is 6. The first kappa shape index (κ1) is 13.0. The molecular weight excluding hydrogens is 250 g/mol. The van der Waals surface area contributed by atoms with E-state index in [2.05, 4.69) is 30.4 Å². The molecular formula is C10H15N7O2. The van der Waals surface area contributed by atoms with E-state index in [1.165, 1.54) is 0 Å². The van der Waals surface area contributed by atoms with Crippen LogP contribution in [-0.4, -0.2) is 38.2 Å². The van der Waals surface area contributed by atoms with E-state index in [4.69, 9.17) is 15.0 Å². The van der Waals surface area contributed by atoms with Crippen LogP contribution in [0.25, 0.3) is 0 Å². The molecule has 0 saturated heterocycles. The van der Waals surface area contributed by atoms with Gasteiger partial charge in [-0.3, -0.25) is 0 Å². The Morgan fingerprint density at radius 3 is 2.79 bits per heavy atom. The van der Waals surface area contributed by atoms with Crippen molar-refractivity contribution in [3.8, 4) is 6.01 Å². The molecule has 2 heterocycles. The van der Waals surface area contributed by atoms with Gasteiger partial charge in [-0.25, -0.2) is 0 Å². The van der Waals surface area contributed by atoms with E-state index in [0.717, 1.165) is 0 Å². The second-order valence-electron chi connectivity index (χ2n) is 3.64. The molecule has 0 amide bonds. The van der Waals surface area contributed by atoms with Crippen molar-refractivity contribution >= 4 is 11.9 Å². The molecule has 2 aromatic heterocycles. The van der Waals surface area contributed by atoms with Crippen LogP contribution in [0.5, 0.6) is 6.01 Å². The normalized spacial score (nSPS) is 10.4. The molecule has 2 aromatic rings. The first-order chi connectivity index (χ1) is 9.17. The maximum Gasteiger partial charge on any atom is 0.323 e. The standard InChI is InChI=1S/C10H15N7O2/c1-3-18-10-15-8(11)14-9(16-10)12-5-4-7-13-6(2)19-17-7/h3-5H2,1-2H3,(H3,11,12,14,15,16). The van der Waals surface area contributed by atoms with Crippen molar-refractivity contribution in [2.75, 3.05) is 24.2 Å². The number of ether oxygens (including phenoxy) is 1. The van der Waals surface area contributed by atoms with Crippen molar-refractivity contribution in [3.63, 3.8) is 0 Å². The summed E-state index contributed by atoms with van der Waals surface area (Å²) in [5.74, 6) is 1.63. The predicted molar refractivity (Wildman–Crippen MR) is 66.6 cm³/mol. The van der Waals surface area contributed by atoms with Crippen molar-refractivity contribution in [2.45, 2.75) is 20.3 Å². The highest BCUT2D eigenvalue weighted by atomic mass is 16.5. The molecule has 0 unspecified atom stereocenters. The number of nitrogen functional groups attached to an aromatic ring is 1. The molecule has 0 bridgehead atoms. The molecule has 9 nitrogen and oxygen atoms in total. The highest BCUT2D eigenvalue weighted by Gasteiger charge is 2.06.